The summed E-state index contributed by atoms with van der Waals surface area (Å²) in [6, 6.07) is 5.42. The maximum atomic E-state index is 12.5. The molecule has 2 nitrogen and oxygen atoms in total. The topological polar surface area (TPSA) is 20.3 Å². The Morgan fingerprint density at radius 2 is 2.10 bits per heavy atom. The summed E-state index contributed by atoms with van der Waals surface area (Å²) in [5, 5.41) is 0.589. The second kappa shape index (κ2) is 6.95. The van der Waals surface area contributed by atoms with Crippen LogP contribution in [0.15, 0.2) is 22.7 Å². The van der Waals surface area contributed by atoms with E-state index >= 15 is 0 Å². The highest BCUT2D eigenvalue weighted by atomic mass is 79.9. The van der Waals surface area contributed by atoms with Gasteiger partial charge in [0.05, 0.1) is 5.02 Å². The van der Waals surface area contributed by atoms with Crippen molar-refractivity contribution >= 4 is 33.4 Å². The Morgan fingerprint density at radius 3 is 2.75 bits per heavy atom. The molecule has 0 N–H and O–H groups in total. The van der Waals surface area contributed by atoms with Crippen LogP contribution in [0, 0.1) is 11.8 Å². The number of carbonyl (C=O) groups excluding carboxylic acids is 1. The average molecular weight is 359 g/mol. The summed E-state index contributed by atoms with van der Waals surface area (Å²) in [7, 11) is 0. The maximum absolute atomic E-state index is 12.5. The molecular formula is C16H21BrClNO. The van der Waals surface area contributed by atoms with Gasteiger partial charge >= 0.3 is 0 Å². The van der Waals surface area contributed by atoms with Crippen LogP contribution in [0.1, 0.15) is 43.5 Å². The summed E-state index contributed by atoms with van der Waals surface area (Å²) in [4.78, 5) is 14.5. The number of likely N-dealkylation sites (tertiary alicyclic amines) is 1. The van der Waals surface area contributed by atoms with Crippen molar-refractivity contribution in [2.24, 2.45) is 11.8 Å². The molecule has 0 spiro atoms. The number of halogens is 2. The van der Waals surface area contributed by atoms with Gasteiger partial charge in [-0.2, -0.15) is 0 Å². The minimum Gasteiger partial charge on any atom is -0.339 e. The summed E-state index contributed by atoms with van der Waals surface area (Å²) in [5.74, 6) is 1.54. The van der Waals surface area contributed by atoms with Crippen LogP contribution in [0.5, 0.6) is 0 Å². The predicted octanol–water partition coefficient (Wildman–Crippen LogP) is 5.00. The lowest BCUT2D eigenvalue weighted by Crippen LogP contribution is -2.32. The van der Waals surface area contributed by atoms with Crippen LogP contribution in [0.2, 0.25) is 5.02 Å². The van der Waals surface area contributed by atoms with E-state index in [1.807, 2.05) is 17.0 Å². The molecule has 0 aliphatic carbocycles. The number of benzene rings is 1. The Balaban J connectivity index is 2.07. The van der Waals surface area contributed by atoms with Crippen LogP contribution < -0.4 is 0 Å². The summed E-state index contributed by atoms with van der Waals surface area (Å²) in [5.41, 5.74) is 0.682. The van der Waals surface area contributed by atoms with Gasteiger partial charge in [-0.25, -0.2) is 0 Å². The zero-order valence-electron chi connectivity index (χ0n) is 12.0. The first-order valence-electron chi connectivity index (χ1n) is 7.23. The number of carbonyl (C=O) groups is 1. The normalized spacial score (nSPS) is 20.1. The number of hydrogen-bond donors (Lipinski definition) is 0. The molecule has 1 amide bonds. The molecule has 1 aromatic rings. The molecule has 1 aliphatic heterocycles. The van der Waals surface area contributed by atoms with Crippen molar-refractivity contribution in [3.63, 3.8) is 0 Å². The van der Waals surface area contributed by atoms with E-state index in [0.717, 1.165) is 36.3 Å². The van der Waals surface area contributed by atoms with Gasteiger partial charge in [0, 0.05) is 23.1 Å². The Hall–Kier alpha value is -0.540. The quantitative estimate of drug-likeness (QED) is 0.728. The minimum absolute atomic E-state index is 0.101. The summed E-state index contributed by atoms with van der Waals surface area (Å²) >= 11 is 9.43. The second-order valence-corrected chi connectivity index (χ2v) is 7.12. The third-order valence-electron chi connectivity index (χ3n) is 4.17. The van der Waals surface area contributed by atoms with Gasteiger partial charge in [0.1, 0.15) is 0 Å². The number of nitrogens with zero attached hydrogens (tertiary/aromatic N) is 1. The van der Waals surface area contributed by atoms with Crippen molar-refractivity contribution < 1.29 is 4.79 Å². The monoisotopic (exact) mass is 357 g/mol. The molecule has 1 aromatic carbocycles. The van der Waals surface area contributed by atoms with E-state index in [2.05, 4.69) is 29.8 Å². The summed E-state index contributed by atoms with van der Waals surface area (Å²) in [6.07, 6.45) is 3.43. The lowest BCUT2D eigenvalue weighted by Gasteiger charge is -2.22. The molecule has 0 saturated carbocycles. The zero-order chi connectivity index (χ0) is 14.7. The van der Waals surface area contributed by atoms with E-state index in [4.69, 9.17) is 11.6 Å². The highest BCUT2D eigenvalue weighted by Gasteiger charge is 2.23. The SMILES string of the molecule is CC(C)C1CCCN(C(=O)c2ccc(Br)c(Cl)c2)CC1. The smallest absolute Gasteiger partial charge is 0.253 e. The fourth-order valence-corrected chi connectivity index (χ4v) is 3.23. The molecule has 1 fully saturated rings. The molecular weight excluding hydrogens is 338 g/mol. The molecule has 0 bridgehead atoms. The van der Waals surface area contributed by atoms with Crippen LogP contribution in [0.4, 0.5) is 0 Å². The Kier molecular flexibility index (Phi) is 5.50. The number of rotatable bonds is 2. The van der Waals surface area contributed by atoms with Crippen molar-refractivity contribution in [3.8, 4) is 0 Å². The molecule has 4 heteroatoms. The lowest BCUT2D eigenvalue weighted by molar-refractivity contribution is 0.0759. The number of amides is 1. The molecule has 1 heterocycles. The average Bonchev–Trinajstić information content (AvgIpc) is 2.67. The van der Waals surface area contributed by atoms with Gasteiger partial charge in [-0.3, -0.25) is 4.79 Å². The van der Waals surface area contributed by atoms with E-state index < -0.39 is 0 Å². The van der Waals surface area contributed by atoms with Gasteiger partial charge in [-0.15, -0.1) is 0 Å². The second-order valence-electron chi connectivity index (χ2n) is 5.86. The third kappa shape index (κ3) is 3.76. The fraction of sp³-hybridized carbons (Fsp3) is 0.562. The van der Waals surface area contributed by atoms with Crippen molar-refractivity contribution in [2.45, 2.75) is 33.1 Å². The van der Waals surface area contributed by atoms with Crippen LogP contribution in [0.25, 0.3) is 0 Å². The fourth-order valence-electron chi connectivity index (χ4n) is 2.80. The Bertz CT molecular complexity index is 489. The van der Waals surface area contributed by atoms with Gasteiger partial charge in [-0.1, -0.05) is 25.4 Å². The summed E-state index contributed by atoms with van der Waals surface area (Å²) < 4.78 is 0.825. The van der Waals surface area contributed by atoms with Crippen LogP contribution in [-0.4, -0.2) is 23.9 Å². The third-order valence-corrected chi connectivity index (χ3v) is 5.40. The van der Waals surface area contributed by atoms with E-state index in [1.54, 1.807) is 6.07 Å². The molecule has 1 aliphatic rings. The molecule has 20 heavy (non-hydrogen) atoms. The number of hydrogen-bond acceptors (Lipinski definition) is 1. The first-order valence-corrected chi connectivity index (χ1v) is 8.40. The van der Waals surface area contributed by atoms with Crippen molar-refractivity contribution in [2.75, 3.05) is 13.1 Å². The zero-order valence-corrected chi connectivity index (χ0v) is 14.4. The van der Waals surface area contributed by atoms with Crippen LogP contribution in [-0.2, 0) is 0 Å². The molecule has 2 rings (SSSR count). The largest absolute Gasteiger partial charge is 0.339 e. The molecule has 1 saturated heterocycles. The highest BCUT2D eigenvalue weighted by Crippen LogP contribution is 2.27. The van der Waals surface area contributed by atoms with Crippen molar-refractivity contribution in [1.82, 2.24) is 4.90 Å². The molecule has 0 aromatic heterocycles. The standard InChI is InChI=1S/C16H21BrClNO/c1-11(2)12-4-3-8-19(9-7-12)16(20)13-5-6-14(17)15(18)10-13/h5-6,10-12H,3-4,7-9H2,1-2H3. The van der Waals surface area contributed by atoms with E-state index in [9.17, 15) is 4.79 Å². The van der Waals surface area contributed by atoms with Gasteiger partial charge in [0.2, 0.25) is 0 Å². The van der Waals surface area contributed by atoms with E-state index in [1.165, 1.54) is 6.42 Å². The van der Waals surface area contributed by atoms with Crippen LogP contribution >= 0.6 is 27.5 Å². The van der Waals surface area contributed by atoms with Crippen molar-refractivity contribution in [1.29, 1.82) is 0 Å². The van der Waals surface area contributed by atoms with Gasteiger partial charge in [0.15, 0.2) is 0 Å². The van der Waals surface area contributed by atoms with Gasteiger partial charge in [-0.05, 0) is 65.2 Å². The first-order chi connectivity index (χ1) is 9.49. The molecule has 1 unspecified atom stereocenters. The van der Waals surface area contributed by atoms with E-state index in [0.29, 0.717) is 16.5 Å². The molecule has 110 valence electrons. The highest BCUT2D eigenvalue weighted by molar-refractivity contribution is 9.10. The molecule has 0 radical (unpaired) electrons. The Labute approximate surface area is 134 Å². The molecule has 1 atom stereocenters. The maximum Gasteiger partial charge on any atom is 0.253 e. The van der Waals surface area contributed by atoms with Gasteiger partial charge < -0.3 is 4.90 Å². The van der Waals surface area contributed by atoms with E-state index in [-0.39, 0.29) is 5.91 Å². The van der Waals surface area contributed by atoms with Crippen molar-refractivity contribution in [3.05, 3.63) is 33.3 Å². The van der Waals surface area contributed by atoms with Crippen LogP contribution in [0.3, 0.4) is 0 Å². The summed E-state index contributed by atoms with van der Waals surface area (Å²) in [6.45, 7) is 6.26. The predicted molar refractivity (Wildman–Crippen MR) is 87.2 cm³/mol. The lowest BCUT2D eigenvalue weighted by atomic mass is 9.89. The minimum atomic E-state index is 0.101. The van der Waals surface area contributed by atoms with Gasteiger partial charge in [0.25, 0.3) is 5.91 Å². The Morgan fingerprint density at radius 1 is 1.35 bits per heavy atom. The first kappa shape index (κ1) is 15.8.